The molecular weight excluding hydrogens is 248 g/mol. The van der Waals surface area contributed by atoms with E-state index in [-0.39, 0.29) is 0 Å². The summed E-state index contributed by atoms with van der Waals surface area (Å²) < 4.78 is 0. The van der Waals surface area contributed by atoms with Gasteiger partial charge in [-0.2, -0.15) is 5.26 Å². The number of hydrogen-bond acceptors (Lipinski definition) is 4. The maximum atomic E-state index is 8.83. The molecule has 0 unspecified atom stereocenters. The molecule has 0 spiro atoms. The van der Waals surface area contributed by atoms with Crippen LogP contribution in [0.15, 0.2) is 48.7 Å². The Morgan fingerprint density at radius 2 is 2.00 bits per heavy atom. The van der Waals surface area contributed by atoms with Crippen LogP contribution in [-0.2, 0) is 6.54 Å². The Balaban J connectivity index is 2.22. The van der Waals surface area contributed by atoms with Crippen LogP contribution in [0.3, 0.4) is 0 Å². The molecule has 20 heavy (non-hydrogen) atoms. The number of nitriles is 1. The third kappa shape index (κ3) is 3.48. The van der Waals surface area contributed by atoms with E-state index in [0.29, 0.717) is 13.0 Å². The van der Waals surface area contributed by atoms with Gasteiger partial charge in [-0.3, -0.25) is 0 Å². The lowest BCUT2D eigenvalue weighted by atomic mass is 10.2. The fourth-order valence-corrected chi connectivity index (χ4v) is 2.12. The summed E-state index contributed by atoms with van der Waals surface area (Å²) in [5.41, 5.74) is 2.24. The average molecular weight is 266 g/mol. The van der Waals surface area contributed by atoms with E-state index in [1.807, 2.05) is 31.3 Å². The van der Waals surface area contributed by atoms with Gasteiger partial charge in [-0.05, 0) is 18.2 Å². The van der Waals surface area contributed by atoms with Gasteiger partial charge in [0.15, 0.2) is 0 Å². The van der Waals surface area contributed by atoms with E-state index < -0.39 is 0 Å². The van der Waals surface area contributed by atoms with Crippen molar-refractivity contribution in [1.82, 2.24) is 4.98 Å². The zero-order valence-electron chi connectivity index (χ0n) is 11.6. The molecule has 2 rings (SSSR count). The van der Waals surface area contributed by atoms with Gasteiger partial charge >= 0.3 is 0 Å². The lowest BCUT2D eigenvalue weighted by Crippen LogP contribution is -2.24. The first kappa shape index (κ1) is 13.9. The van der Waals surface area contributed by atoms with E-state index in [2.05, 4.69) is 39.5 Å². The van der Waals surface area contributed by atoms with Crippen LogP contribution in [0.2, 0.25) is 0 Å². The Morgan fingerprint density at radius 3 is 2.70 bits per heavy atom. The second kappa shape index (κ2) is 7.15. The average Bonchev–Trinajstić information content (AvgIpc) is 2.52. The maximum absolute atomic E-state index is 8.83. The maximum Gasteiger partial charge on any atom is 0.130 e. The molecular formula is C16H18N4. The first-order valence-electron chi connectivity index (χ1n) is 6.63. The molecule has 0 radical (unpaired) electrons. The summed E-state index contributed by atoms with van der Waals surface area (Å²) in [6, 6.07) is 16.3. The molecule has 4 heteroatoms. The summed E-state index contributed by atoms with van der Waals surface area (Å²) in [5.74, 6) is 0.880. The zero-order valence-corrected chi connectivity index (χ0v) is 11.6. The van der Waals surface area contributed by atoms with Gasteiger partial charge < -0.3 is 10.2 Å². The van der Waals surface area contributed by atoms with Gasteiger partial charge in [0.25, 0.3) is 0 Å². The second-order valence-corrected chi connectivity index (χ2v) is 4.43. The number of anilines is 2. The van der Waals surface area contributed by atoms with Crippen LogP contribution in [0.25, 0.3) is 0 Å². The fourth-order valence-electron chi connectivity index (χ4n) is 2.12. The largest absolute Gasteiger partial charge is 0.373 e. The van der Waals surface area contributed by atoms with Crippen molar-refractivity contribution < 1.29 is 0 Å². The molecule has 0 saturated heterocycles. The smallest absolute Gasteiger partial charge is 0.130 e. The number of hydrogen-bond donors (Lipinski definition) is 1. The van der Waals surface area contributed by atoms with Gasteiger partial charge in [0, 0.05) is 37.6 Å². The van der Waals surface area contributed by atoms with Crippen molar-refractivity contribution in [3.8, 4) is 6.07 Å². The van der Waals surface area contributed by atoms with Gasteiger partial charge in [-0.15, -0.1) is 0 Å². The predicted molar refractivity (Wildman–Crippen MR) is 81.5 cm³/mol. The summed E-state index contributed by atoms with van der Waals surface area (Å²) in [6.07, 6.45) is 2.28. The molecule has 0 aliphatic rings. The number of para-hydroxylation sites is 1. The number of rotatable bonds is 6. The van der Waals surface area contributed by atoms with Gasteiger partial charge in [-0.25, -0.2) is 4.98 Å². The fraction of sp³-hybridized carbons (Fsp3) is 0.250. The highest BCUT2D eigenvalue weighted by molar-refractivity contribution is 5.50. The molecule has 0 atom stereocenters. The Kier molecular flexibility index (Phi) is 4.96. The Bertz CT molecular complexity index is 575. The molecule has 0 fully saturated rings. The van der Waals surface area contributed by atoms with Gasteiger partial charge in [0.05, 0.1) is 12.5 Å². The van der Waals surface area contributed by atoms with Gasteiger partial charge in [0.2, 0.25) is 0 Å². The summed E-state index contributed by atoms with van der Waals surface area (Å²) in [5, 5.41) is 11.9. The Morgan fingerprint density at radius 1 is 1.20 bits per heavy atom. The van der Waals surface area contributed by atoms with Crippen molar-refractivity contribution in [2.45, 2.75) is 13.0 Å². The molecule has 0 bridgehead atoms. The lowest BCUT2D eigenvalue weighted by molar-refractivity contribution is 0.796. The van der Waals surface area contributed by atoms with E-state index in [0.717, 1.165) is 23.6 Å². The van der Waals surface area contributed by atoms with Crippen molar-refractivity contribution >= 4 is 11.5 Å². The molecule has 0 saturated carbocycles. The molecule has 4 nitrogen and oxygen atoms in total. The molecule has 1 N–H and O–H groups in total. The highest BCUT2D eigenvalue weighted by atomic mass is 15.1. The summed E-state index contributed by atoms with van der Waals surface area (Å²) in [4.78, 5) is 6.52. The molecule has 0 aliphatic carbocycles. The zero-order chi connectivity index (χ0) is 14.2. The second-order valence-electron chi connectivity index (χ2n) is 4.43. The van der Waals surface area contributed by atoms with E-state index in [4.69, 9.17) is 5.26 Å². The summed E-state index contributed by atoms with van der Waals surface area (Å²) in [7, 11) is 1.87. The van der Waals surface area contributed by atoms with Crippen molar-refractivity contribution in [3.63, 3.8) is 0 Å². The summed E-state index contributed by atoms with van der Waals surface area (Å²) >= 11 is 0. The van der Waals surface area contributed by atoms with Crippen LogP contribution < -0.4 is 10.2 Å². The standard InChI is InChI=1S/C16H18N4/c1-18-16-14(7-5-11-19-16)13-20(12-6-10-17)15-8-3-2-4-9-15/h2-5,7-9,11H,6,12-13H2,1H3,(H,18,19). The van der Waals surface area contributed by atoms with Crippen molar-refractivity contribution in [1.29, 1.82) is 5.26 Å². The first-order valence-corrected chi connectivity index (χ1v) is 6.63. The molecule has 2 aromatic rings. The van der Waals surface area contributed by atoms with Crippen molar-refractivity contribution in [3.05, 3.63) is 54.2 Å². The number of benzene rings is 1. The summed E-state index contributed by atoms with van der Waals surface area (Å²) in [6.45, 7) is 1.44. The third-order valence-corrected chi connectivity index (χ3v) is 3.10. The van der Waals surface area contributed by atoms with E-state index >= 15 is 0 Å². The SMILES string of the molecule is CNc1ncccc1CN(CCC#N)c1ccccc1. The minimum Gasteiger partial charge on any atom is -0.373 e. The minimum absolute atomic E-state index is 0.504. The van der Waals surface area contributed by atoms with Crippen LogP contribution in [0, 0.1) is 11.3 Å². The van der Waals surface area contributed by atoms with Crippen LogP contribution >= 0.6 is 0 Å². The molecule has 1 aromatic heterocycles. The van der Waals surface area contributed by atoms with E-state index in [1.54, 1.807) is 6.20 Å². The first-order chi connectivity index (χ1) is 9.85. The molecule has 102 valence electrons. The van der Waals surface area contributed by atoms with Gasteiger partial charge in [0.1, 0.15) is 5.82 Å². The highest BCUT2D eigenvalue weighted by Gasteiger charge is 2.09. The topological polar surface area (TPSA) is 52.0 Å². The number of pyridine rings is 1. The molecule has 0 amide bonds. The molecule has 0 aliphatic heterocycles. The van der Waals surface area contributed by atoms with E-state index in [9.17, 15) is 0 Å². The van der Waals surface area contributed by atoms with E-state index in [1.165, 1.54) is 0 Å². The lowest BCUT2D eigenvalue weighted by Gasteiger charge is -2.24. The molecule has 1 aromatic carbocycles. The quantitative estimate of drug-likeness (QED) is 0.873. The number of nitrogens with one attached hydrogen (secondary N) is 1. The van der Waals surface area contributed by atoms with Crippen LogP contribution in [-0.4, -0.2) is 18.6 Å². The third-order valence-electron chi connectivity index (χ3n) is 3.10. The van der Waals surface area contributed by atoms with Crippen LogP contribution in [0.5, 0.6) is 0 Å². The predicted octanol–water partition coefficient (Wildman–Crippen LogP) is 3.04. The minimum atomic E-state index is 0.504. The Hall–Kier alpha value is -2.54. The van der Waals surface area contributed by atoms with Crippen LogP contribution in [0.1, 0.15) is 12.0 Å². The highest BCUT2D eigenvalue weighted by Crippen LogP contribution is 2.20. The Labute approximate surface area is 119 Å². The van der Waals surface area contributed by atoms with Gasteiger partial charge in [-0.1, -0.05) is 24.3 Å². The van der Waals surface area contributed by atoms with Crippen molar-refractivity contribution in [2.75, 3.05) is 23.8 Å². The number of aromatic nitrogens is 1. The van der Waals surface area contributed by atoms with Crippen molar-refractivity contribution in [2.24, 2.45) is 0 Å². The normalized spacial score (nSPS) is 9.80. The monoisotopic (exact) mass is 266 g/mol. The van der Waals surface area contributed by atoms with Crippen LogP contribution in [0.4, 0.5) is 11.5 Å². The molecule has 1 heterocycles. The number of nitrogens with zero attached hydrogens (tertiary/aromatic N) is 3.